The molecule has 6 heteroatoms. The average Bonchev–Trinajstić information content (AvgIpc) is 2.27. The maximum absolute atomic E-state index is 11.1. The molecule has 0 saturated carbocycles. The van der Waals surface area contributed by atoms with Crippen molar-refractivity contribution in [2.24, 2.45) is 0 Å². The van der Waals surface area contributed by atoms with E-state index in [0.29, 0.717) is 0 Å². The number of hydrogen-bond donors (Lipinski definition) is 0. The van der Waals surface area contributed by atoms with E-state index in [9.17, 15) is 14.9 Å². The number of carbonyl (C=O) groups is 1. The van der Waals surface area contributed by atoms with Gasteiger partial charge in [-0.1, -0.05) is 23.9 Å². The highest BCUT2D eigenvalue weighted by Crippen LogP contribution is 2.30. The molecular formula is C12H16N2O3S. The van der Waals surface area contributed by atoms with Gasteiger partial charge < -0.3 is 4.90 Å². The zero-order chi connectivity index (χ0) is 13.7. The molecule has 0 bridgehead atoms. The summed E-state index contributed by atoms with van der Waals surface area (Å²) in [7, 11) is 3.85. The SMILES string of the molecule is CC(=O)SC(C[N+](=O)[O-])c1ccc(N(C)C)cc1. The Kier molecular flexibility index (Phi) is 5.15. The monoisotopic (exact) mass is 268 g/mol. The van der Waals surface area contributed by atoms with Crippen LogP contribution in [0.15, 0.2) is 24.3 Å². The summed E-state index contributed by atoms with van der Waals surface area (Å²) in [4.78, 5) is 23.3. The second kappa shape index (κ2) is 6.39. The number of anilines is 1. The molecule has 0 aliphatic carbocycles. The molecule has 0 heterocycles. The average molecular weight is 268 g/mol. The van der Waals surface area contributed by atoms with Gasteiger partial charge in [0.05, 0.1) is 0 Å². The summed E-state index contributed by atoms with van der Waals surface area (Å²) in [5, 5.41) is 10.1. The molecule has 1 unspecified atom stereocenters. The zero-order valence-corrected chi connectivity index (χ0v) is 11.4. The number of hydrogen-bond acceptors (Lipinski definition) is 5. The molecule has 0 amide bonds. The van der Waals surface area contributed by atoms with Gasteiger partial charge in [-0.2, -0.15) is 0 Å². The van der Waals surface area contributed by atoms with Crippen molar-refractivity contribution in [2.45, 2.75) is 12.2 Å². The van der Waals surface area contributed by atoms with Gasteiger partial charge in [-0.25, -0.2) is 0 Å². The van der Waals surface area contributed by atoms with E-state index in [-0.39, 0.29) is 16.6 Å². The Labute approximate surface area is 110 Å². The van der Waals surface area contributed by atoms with Crippen molar-refractivity contribution in [1.82, 2.24) is 0 Å². The lowest BCUT2D eigenvalue weighted by atomic mass is 10.1. The molecule has 1 aromatic carbocycles. The van der Waals surface area contributed by atoms with E-state index in [1.165, 1.54) is 6.92 Å². The van der Waals surface area contributed by atoms with Crippen LogP contribution in [0.5, 0.6) is 0 Å². The fourth-order valence-electron chi connectivity index (χ4n) is 1.53. The van der Waals surface area contributed by atoms with Crippen molar-refractivity contribution in [1.29, 1.82) is 0 Å². The lowest BCUT2D eigenvalue weighted by molar-refractivity contribution is -0.479. The number of rotatable bonds is 5. The van der Waals surface area contributed by atoms with Gasteiger partial charge in [0.1, 0.15) is 5.25 Å². The maximum atomic E-state index is 11.1. The van der Waals surface area contributed by atoms with Crippen LogP contribution < -0.4 is 4.90 Å². The first-order valence-corrected chi connectivity index (χ1v) is 6.34. The van der Waals surface area contributed by atoms with Gasteiger partial charge in [0.25, 0.3) is 0 Å². The predicted octanol–water partition coefficient (Wildman–Crippen LogP) is 2.35. The van der Waals surface area contributed by atoms with Crippen molar-refractivity contribution in [3.05, 3.63) is 39.9 Å². The van der Waals surface area contributed by atoms with Crippen molar-refractivity contribution in [2.75, 3.05) is 25.5 Å². The lowest BCUT2D eigenvalue weighted by Gasteiger charge is -2.15. The Hall–Kier alpha value is -1.56. The first-order valence-electron chi connectivity index (χ1n) is 5.46. The molecule has 0 radical (unpaired) electrons. The number of nitro groups is 1. The highest BCUT2D eigenvalue weighted by atomic mass is 32.2. The van der Waals surface area contributed by atoms with Crippen LogP contribution in [0.2, 0.25) is 0 Å². The fourth-order valence-corrected chi connectivity index (χ4v) is 2.42. The maximum Gasteiger partial charge on any atom is 0.220 e. The van der Waals surface area contributed by atoms with Crippen LogP contribution in [0.4, 0.5) is 5.69 Å². The van der Waals surface area contributed by atoms with Gasteiger partial charge in [-0.3, -0.25) is 14.9 Å². The molecule has 18 heavy (non-hydrogen) atoms. The summed E-state index contributed by atoms with van der Waals surface area (Å²) in [5.74, 6) is 0. The Morgan fingerprint density at radius 2 is 1.94 bits per heavy atom. The van der Waals surface area contributed by atoms with Crippen LogP contribution in [0.3, 0.4) is 0 Å². The van der Waals surface area contributed by atoms with Gasteiger partial charge in [0, 0.05) is 31.6 Å². The molecule has 0 saturated heterocycles. The molecule has 0 N–H and O–H groups in total. The normalized spacial score (nSPS) is 11.9. The van der Waals surface area contributed by atoms with Crippen molar-refractivity contribution < 1.29 is 9.72 Å². The van der Waals surface area contributed by atoms with Crippen LogP contribution in [0.25, 0.3) is 0 Å². The van der Waals surface area contributed by atoms with E-state index in [2.05, 4.69) is 0 Å². The van der Waals surface area contributed by atoms with Crippen LogP contribution in [0, 0.1) is 10.1 Å². The fraction of sp³-hybridized carbons (Fsp3) is 0.417. The molecule has 1 atom stereocenters. The quantitative estimate of drug-likeness (QED) is 0.606. The molecule has 5 nitrogen and oxygen atoms in total. The molecule has 1 rings (SSSR count). The highest BCUT2D eigenvalue weighted by Gasteiger charge is 2.20. The summed E-state index contributed by atoms with van der Waals surface area (Å²) in [6, 6.07) is 7.45. The second-order valence-corrected chi connectivity index (χ2v) is 5.48. The summed E-state index contributed by atoms with van der Waals surface area (Å²) in [6.07, 6.45) is 0. The van der Waals surface area contributed by atoms with Crippen LogP contribution in [-0.4, -0.2) is 30.7 Å². The summed E-state index contributed by atoms with van der Waals surface area (Å²) < 4.78 is 0. The standard InChI is InChI=1S/C12H16N2O3S/c1-9(15)18-12(8-14(16)17)10-4-6-11(7-5-10)13(2)3/h4-7,12H,8H2,1-3H3. The van der Waals surface area contributed by atoms with Gasteiger partial charge in [0.2, 0.25) is 6.54 Å². The summed E-state index contributed by atoms with van der Waals surface area (Å²) in [5.41, 5.74) is 1.82. The van der Waals surface area contributed by atoms with E-state index in [1.54, 1.807) is 0 Å². The number of thioether (sulfide) groups is 1. The molecule has 0 aliphatic heterocycles. The first kappa shape index (κ1) is 14.5. The van der Waals surface area contributed by atoms with Gasteiger partial charge >= 0.3 is 0 Å². The summed E-state index contributed by atoms with van der Waals surface area (Å²) in [6.45, 7) is 1.18. The highest BCUT2D eigenvalue weighted by molar-refractivity contribution is 8.13. The third-order valence-electron chi connectivity index (χ3n) is 2.40. The van der Waals surface area contributed by atoms with Crippen molar-refractivity contribution in [3.8, 4) is 0 Å². The molecule has 98 valence electrons. The third-order valence-corrected chi connectivity index (χ3v) is 3.44. The van der Waals surface area contributed by atoms with E-state index < -0.39 is 5.25 Å². The first-order chi connectivity index (χ1) is 8.40. The Morgan fingerprint density at radius 3 is 2.33 bits per heavy atom. The minimum Gasteiger partial charge on any atom is -0.378 e. The van der Waals surface area contributed by atoms with Crippen molar-refractivity contribution in [3.63, 3.8) is 0 Å². The minimum absolute atomic E-state index is 0.112. The number of carbonyl (C=O) groups excluding carboxylic acids is 1. The predicted molar refractivity (Wildman–Crippen MR) is 73.6 cm³/mol. The Balaban J connectivity index is 2.90. The molecule has 0 aromatic heterocycles. The van der Waals surface area contributed by atoms with Crippen LogP contribution >= 0.6 is 11.8 Å². The van der Waals surface area contributed by atoms with Gasteiger partial charge in [0.15, 0.2) is 5.12 Å². The zero-order valence-electron chi connectivity index (χ0n) is 10.6. The third kappa shape index (κ3) is 4.37. The van der Waals surface area contributed by atoms with E-state index in [0.717, 1.165) is 23.0 Å². The molecule has 1 aromatic rings. The van der Waals surface area contributed by atoms with E-state index in [4.69, 9.17) is 0 Å². The summed E-state index contributed by atoms with van der Waals surface area (Å²) >= 11 is 1.00. The van der Waals surface area contributed by atoms with Crippen LogP contribution in [-0.2, 0) is 4.79 Å². The second-order valence-electron chi connectivity index (χ2n) is 4.10. The van der Waals surface area contributed by atoms with Gasteiger partial charge in [-0.15, -0.1) is 0 Å². The van der Waals surface area contributed by atoms with Crippen molar-refractivity contribution >= 4 is 22.6 Å². The Bertz CT molecular complexity index is 415. The smallest absolute Gasteiger partial charge is 0.220 e. The van der Waals surface area contributed by atoms with Gasteiger partial charge in [-0.05, 0) is 17.7 Å². The number of nitrogens with zero attached hydrogens (tertiary/aromatic N) is 2. The lowest BCUT2D eigenvalue weighted by Crippen LogP contribution is -2.12. The van der Waals surface area contributed by atoms with E-state index in [1.807, 2.05) is 43.3 Å². The number of benzene rings is 1. The Morgan fingerprint density at radius 1 is 1.39 bits per heavy atom. The molecular weight excluding hydrogens is 252 g/mol. The van der Waals surface area contributed by atoms with E-state index >= 15 is 0 Å². The topological polar surface area (TPSA) is 63.4 Å². The minimum atomic E-state index is -0.422. The largest absolute Gasteiger partial charge is 0.378 e. The molecule has 0 aliphatic rings. The van der Waals surface area contributed by atoms with Crippen LogP contribution in [0.1, 0.15) is 17.7 Å². The molecule has 0 fully saturated rings. The molecule has 0 spiro atoms.